The van der Waals surface area contributed by atoms with Gasteiger partial charge in [0.15, 0.2) is 0 Å². The molecule has 1 heterocycles. The van der Waals surface area contributed by atoms with E-state index in [0.29, 0.717) is 6.07 Å². The van der Waals surface area contributed by atoms with Gasteiger partial charge in [0.1, 0.15) is 5.69 Å². The highest BCUT2D eigenvalue weighted by molar-refractivity contribution is 5.80. The molecule has 0 bridgehead atoms. The van der Waals surface area contributed by atoms with Crippen LogP contribution in [0.15, 0.2) is 41.8 Å². The van der Waals surface area contributed by atoms with Gasteiger partial charge in [0, 0.05) is 31.1 Å². The Balaban J connectivity index is 2.23. The van der Waals surface area contributed by atoms with Gasteiger partial charge in [-0.3, -0.25) is 15.5 Å². The lowest BCUT2D eigenvalue weighted by Crippen LogP contribution is -2.06. The summed E-state index contributed by atoms with van der Waals surface area (Å²) in [6.07, 6.45) is 0.298. The predicted molar refractivity (Wildman–Crippen MR) is 74.7 cm³/mol. The van der Waals surface area contributed by atoms with Crippen molar-refractivity contribution in [2.75, 3.05) is 5.43 Å². The van der Waals surface area contributed by atoms with Gasteiger partial charge in [-0.05, 0) is 18.2 Å². The molecule has 0 amide bonds. The van der Waals surface area contributed by atoms with E-state index in [2.05, 4.69) is 10.5 Å². The van der Waals surface area contributed by atoms with Gasteiger partial charge in [-0.2, -0.15) is 18.3 Å². The molecular weight excluding hydrogens is 301 g/mol. The number of nitro benzene ring substituents is 1. The molecule has 1 aromatic heterocycles. The summed E-state index contributed by atoms with van der Waals surface area (Å²) in [5.74, 6) is 0. The molecule has 0 fully saturated rings. The van der Waals surface area contributed by atoms with Gasteiger partial charge in [-0.1, -0.05) is 0 Å². The summed E-state index contributed by atoms with van der Waals surface area (Å²) in [6.45, 7) is 0. The third-order valence-electron chi connectivity index (χ3n) is 2.78. The zero-order valence-corrected chi connectivity index (χ0v) is 11.3. The number of nitrogens with one attached hydrogen (secondary N) is 1. The van der Waals surface area contributed by atoms with Crippen LogP contribution >= 0.6 is 0 Å². The fourth-order valence-electron chi connectivity index (χ4n) is 1.73. The van der Waals surface area contributed by atoms with Crippen LogP contribution in [0.3, 0.4) is 0 Å². The highest BCUT2D eigenvalue weighted by Gasteiger charge is 2.33. The van der Waals surface area contributed by atoms with Gasteiger partial charge in [0.2, 0.25) is 0 Å². The molecule has 0 aliphatic carbocycles. The summed E-state index contributed by atoms with van der Waals surface area (Å²) in [4.78, 5) is 9.99. The molecule has 1 aromatic carbocycles. The minimum absolute atomic E-state index is 0.120. The Hall–Kier alpha value is -2.84. The van der Waals surface area contributed by atoms with Crippen molar-refractivity contribution in [2.24, 2.45) is 12.1 Å². The Labute approximate surface area is 123 Å². The van der Waals surface area contributed by atoms with Crippen molar-refractivity contribution in [3.8, 4) is 0 Å². The van der Waals surface area contributed by atoms with Crippen LogP contribution in [0.25, 0.3) is 0 Å². The van der Waals surface area contributed by atoms with Crippen LogP contribution in [0.4, 0.5) is 24.5 Å². The van der Waals surface area contributed by atoms with Crippen LogP contribution < -0.4 is 5.43 Å². The second-order valence-corrected chi connectivity index (χ2v) is 4.47. The lowest BCUT2D eigenvalue weighted by molar-refractivity contribution is -0.384. The second kappa shape index (κ2) is 5.88. The Kier molecular flexibility index (Phi) is 4.15. The van der Waals surface area contributed by atoms with Crippen LogP contribution in [-0.4, -0.2) is 15.7 Å². The second-order valence-electron chi connectivity index (χ2n) is 4.47. The average molecular weight is 312 g/mol. The molecule has 0 aliphatic rings. The minimum Gasteiger partial charge on any atom is -0.357 e. The number of aryl methyl sites for hydroxylation is 1. The Morgan fingerprint density at radius 3 is 2.64 bits per heavy atom. The molecule has 0 atom stereocenters. The quantitative estimate of drug-likeness (QED) is 0.534. The molecule has 116 valence electrons. The normalized spacial score (nSPS) is 11.8. The molecule has 0 saturated heterocycles. The molecule has 6 nitrogen and oxygen atoms in total. The third kappa shape index (κ3) is 3.62. The first-order chi connectivity index (χ1) is 10.3. The molecule has 0 unspecified atom stereocenters. The van der Waals surface area contributed by atoms with Crippen molar-refractivity contribution in [2.45, 2.75) is 6.18 Å². The van der Waals surface area contributed by atoms with Gasteiger partial charge < -0.3 is 4.57 Å². The lowest BCUT2D eigenvalue weighted by atomic mass is 10.1. The number of hydrazone groups is 1. The Bertz CT molecular complexity index is 722. The zero-order valence-electron chi connectivity index (χ0n) is 11.3. The average Bonchev–Trinajstić information content (AvgIpc) is 2.83. The molecule has 2 aromatic rings. The van der Waals surface area contributed by atoms with E-state index in [9.17, 15) is 23.3 Å². The fourth-order valence-corrected chi connectivity index (χ4v) is 1.73. The molecule has 22 heavy (non-hydrogen) atoms. The lowest BCUT2D eigenvalue weighted by Gasteiger charge is -2.08. The smallest absolute Gasteiger partial charge is 0.357 e. The van der Waals surface area contributed by atoms with E-state index in [1.165, 1.54) is 6.21 Å². The van der Waals surface area contributed by atoms with Crippen molar-refractivity contribution in [3.63, 3.8) is 0 Å². The minimum atomic E-state index is -4.64. The Morgan fingerprint density at radius 2 is 2.09 bits per heavy atom. The molecule has 9 heteroatoms. The van der Waals surface area contributed by atoms with E-state index in [1.54, 1.807) is 23.0 Å². The number of alkyl halides is 3. The highest BCUT2D eigenvalue weighted by Crippen LogP contribution is 2.34. The van der Waals surface area contributed by atoms with Crippen molar-refractivity contribution >= 4 is 17.6 Å². The highest BCUT2D eigenvalue weighted by atomic mass is 19.4. The van der Waals surface area contributed by atoms with Crippen LogP contribution in [0.5, 0.6) is 0 Å². The summed E-state index contributed by atoms with van der Waals surface area (Å²) in [5.41, 5.74) is 1.22. The summed E-state index contributed by atoms with van der Waals surface area (Å²) in [6, 6.07) is 3.96. The van der Waals surface area contributed by atoms with Crippen molar-refractivity contribution in [1.82, 2.24) is 4.57 Å². The predicted octanol–water partition coefficient (Wildman–Crippen LogP) is 3.40. The number of hydrogen-bond donors (Lipinski definition) is 1. The zero-order chi connectivity index (χ0) is 16.3. The first-order valence-corrected chi connectivity index (χ1v) is 6.04. The monoisotopic (exact) mass is 312 g/mol. The number of halogens is 3. The molecular formula is C13H11F3N4O2. The molecule has 1 N–H and O–H groups in total. The summed E-state index contributed by atoms with van der Waals surface area (Å²) >= 11 is 0. The van der Waals surface area contributed by atoms with Crippen LogP contribution in [-0.2, 0) is 13.2 Å². The van der Waals surface area contributed by atoms with Crippen molar-refractivity contribution < 1.29 is 18.1 Å². The topological polar surface area (TPSA) is 72.5 Å². The largest absolute Gasteiger partial charge is 0.416 e. The molecule has 2 rings (SSSR count). The van der Waals surface area contributed by atoms with Crippen LogP contribution in [0.1, 0.15) is 11.1 Å². The molecule has 0 spiro atoms. The molecule has 0 aliphatic heterocycles. The first kappa shape index (κ1) is 15.5. The number of rotatable bonds is 4. The number of benzene rings is 1. The van der Waals surface area contributed by atoms with Gasteiger partial charge in [-0.25, -0.2) is 0 Å². The van der Waals surface area contributed by atoms with E-state index in [-0.39, 0.29) is 5.69 Å². The van der Waals surface area contributed by atoms with E-state index < -0.39 is 22.4 Å². The Morgan fingerprint density at radius 1 is 1.36 bits per heavy atom. The number of nitrogens with zero attached hydrogens (tertiary/aromatic N) is 3. The van der Waals surface area contributed by atoms with Crippen LogP contribution in [0, 0.1) is 10.1 Å². The maximum absolute atomic E-state index is 12.6. The summed E-state index contributed by atoms with van der Waals surface area (Å²) in [7, 11) is 1.81. The maximum Gasteiger partial charge on any atom is 0.416 e. The van der Waals surface area contributed by atoms with Crippen molar-refractivity contribution in [1.29, 1.82) is 0 Å². The number of anilines is 1. The standard InChI is InChI=1S/C13H11F3N4O2/c1-19-5-4-9(8-19)7-17-18-11-3-2-10(13(14,15)16)6-12(11)20(21)22/h2-8,18H,1H3/b17-7+. The van der Waals surface area contributed by atoms with Gasteiger partial charge in [0.25, 0.3) is 5.69 Å². The number of nitro groups is 1. The van der Waals surface area contributed by atoms with E-state index in [4.69, 9.17) is 0 Å². The number of hydrogen-bond acceptors (Lipinski definition) is 4. The third-order valence-corrected chi connectivity index (χ3v) is 2.78. The van der Waals surface area contributed by atoms with Crippen LogP contribution in [0.2, 0.25) is 0 Å². The fraction of sp³-hybridized carbons (Fsp3) is 0.154. The summed E-state index contributed by atoms with van der Waals surface area (Å²) in [5, 5.41) is 14.7. The van der Waals surface area contributed by atoms with E-state index in [0.717, 1.165) is 17.7 Å². The first-order valence-electron chi connectivity index (χ1n) is 6.04. The molecule has 0 radical (unpaired) electrons. The maximum atomic E-state index is 12.6. The van der Waals surface area contributed by atoms with Crippen molar-refractivity contribution in [3.05, 3.63) is 57.9 Å². The van der Waals surface area contributed by atoms with Gasteiger partial charge >= 0.3 is 6.18 Å². The van der Waals surface area contributed by atoms with E-state index in [1.807, 2.05) is 7.05 Å². The van der Waals surface area contributed by atoms with Gasteiger partial charge in [-0.15, -0.1) is 0 Å². The number of aromatic nitrogens is 1. The summed E-state index contributed by atoms with van der Waals surface area (Å²) < 4.78 is 39.5. The van der Waals surface area contributed by atoms with Gasteiger partial charge in [0.05, 0.1) is 16.7 Å². The van der Waals surface area contributed by atoms with E-state index >= 15 is 0 Å². The SMILES string of the molecule is Cn1ccc(/C=N/Nc2ccc(C(F)(F)F)cc2[N+](=O)[O-])c1. The molecule has 0 saturated carbocycles.